The molecule has 2 atom stereocenters. The molecule has 1 aromatic rings. The molecule has 1 fully saturated rings. The smallest absolute Gasteiger partial charge is 0.339 e. The summed E-state index contributed by atoms with van der Waals surface area (Å²) >= 11 is 3.29. The van der Waals surface area contributed by atoms with Gasteiger partial charge in [0.15, 0.2) is 0 Å². The van der Waals surface area contributed by atoms with Crippen LogP contribution in [0.1, 0.15) is 49.4 Å². The number of ether oxygens (including phenoxy) is 1. The normalized spacial score (nSPS) is 23.1. The number of hydrogen-bond acceptors (Lipinski definition) is 2. The predicted octanol–water partition coefficient (Wildman–Crippen LogP) is 4.49. The van der Waals surface area contributed by atoms with Crippen LogP contribution in [-0.2, 0) is 0 Å². The standard InChI is InChI=1S/C15H19BrO3/c1-2-10-4-3-5-12(8-10)19-14-7-6-11(16)9-13(14)15(17)18/h6-7,9-10,12H,2-5,8H2,1H3,(H,17,18). The summed E-state index contributed by atoms with van der Waals surface area (Å²) in [7, 11) is 0. The Labute approximate surface area is 122 Å². The first-order valence-corrected chi connectivity index (χ1v) is 7.59. The number of benzene rings is 1. The van der Waals surface area contributed by atoms with Crippen molar-refractivity contribution < 1.29 is 14.6 Å². The Morgan fingerprint density at radius 3 is 2.95 bits per heavy atom. The number of carbonyl (C=O) groups is 1. The summed E-state index contributed by atoms with van der Waals surface area (Å²) in [4.78, 5) is 11.2. The molecule has 0 bridgehead atoms. The van der Waals surface area contributed by atoms with E-state index < -0.39 is 5.97 Å². The lowest BCUT2D eigenvalue weighted by Gasteiger charge is -2.29. The lowest BCUT2D eigenvalue weighted by atomic mass is 9.85. The number of aromatic carboxylic acids is 1. The van der Waals surface area contributed by atoms with Crippen LogP contribution in [0.5, 0.6) is 5.75 Å². The van der Waals surface area contributed by atoms with Crippen molar-refractivity contribution in [1.82, 2.24) is 0 Å². The highest BCUT2D eigenvalue weighted by molar-refractivity contribution is 9.10. The van der Waals surface area contributed by atoms with E-state index in [9.17, 15) is 9.90 Å². The summed E-state index contributed by atoms with van der Waals surface area (Å²) in [6, 6.07) is 5.16. The topological polar surface area (TPSA) is 46.5 Å². The summed E-state index contributed by atoms with van der Waals surface area (Å²) in [6.45, 7) is 2.20. The second-order valence-corrected chi connectivity index (χ2v) is 6.04. The molecular weight excluding hydrogens is 308 g/mol. The molecule has 4 heteroatoms. The van der Waals surface area contributed by atoms with Crippen LogP contribution < -0.4 is 4.74 Å². The summed E-state index contributed by atoms with van der Waals surface area (Å²) < 4.78 is 6.69. The van der Waals surface area contributed by atoms with Crippen LogP contribution in [0.2, 0.25) is 0 Å². The molecule has 2 rings (SSSR count). The molecule has 0 spiro atoms. The first-order valence-electron chi connectivity index (χ1n) is 6.79. The van der Waals surface area contributed by atoms with Crippen LogP contribution >= 0.6 is 15.9 Å². The van der Waals surface area contributed by atoms with Crippen LogP contribution in [0.25, 0.3) is 0 Å². The molecule has 0 heterocycles. The van der Waals surface area contributed by atoms with Crippen molar-refractivity contribution in [2.24, 2.45) is 5.92 Å². The average Bonchev–Trinajstić information content (AvgIpc) is 2.41. The Hall–Kier alpha value is -1.03. The highest BCUT2D eigenvalue weighted by Crippen LogP contribution is 2.31. The number of halogens is 1. The fourth-order valence-electron chi connectivity index (χ4n) is 2.67. The van der Waals surface area contributed by atoms with E-state index in [1.807, 2.05) is 6.07 Å². The maximum absolute atomic E-state index is 11.2. The minimum atomic E-state index is -0.945. The van der Waals surface area contributed by atoms with E-state index in [-0.39, 0.29) is 11.7 Å². The van der Waals surface area contributed by atoms with Crippen molar-refractivity contribution >= 4 is 21.9 Å². The van der Waals surface area contributed by atoms with Crippen molar-refractivity contribution in [1.29, 1.82) is 0 Å². The quantitative estimate of drug-likeness (QED) is 0.886. The first kappa shape index (κ1) is 14.4. The number of carboxylic acids is 1. The van der Waals surface area contributed by atoms with Gasteiger partial charge >= 0.3 is 5.97 Å². The Kier molecular flexibility index (Phi) is 4.86. The number of hydrogen-bond donors (Lipinski definition) is 1. The third-order valence-electron chi connectivity index (χ3n) is 3.78. The van der Waals surface area contributed by atoms with Gasteiger partial charge in [0.25, 0.3) is 0 Å². The molecule has 1 aromatic carbocycles. The minimum absolute atomic E-state index is 0.151. The highest BCUT2D eigenvalue weighted by atomic mass is 79.9. The zero-order valence-corrected chi connectivity index (χ0v) is 12.6. The summed E-state index contributed by atoms with van der Waals surface area (Å²) in [5.41, 5.74) is 0.230. The molecule has 0 aliphatic heterocycles. The Bertz CT molecular complexity index is 459. The second-order valence-electron chi connectivity index (χ2n) is 5.13. The fourth-order valence-corrected chi connectivity index (χ4v) is 3.03. The maximum atomic E-state index is 11.2. The molecule has 3 nitrogen and oxygen atoms in total. The molecule has 2 unspecified atom stereocenters. The van der Waals surface area contributed by atoms with E-state index in [4.69, 9.17) is 4.74 Å². The molecule has 104 valence electrons. The maximum Gasteiger partial charge on any atom is 0.339 e. The molecule has 0 saturated heterocycles. The predicted molar refractivity (Wildman–Crippen MR) is 77.8 cm³/mol. The Morgan fingerprint density at radius 1 is 1.47 bits per heavy atom. The zero-order chi connectivity index (χ0) is 13.8. The van der Waals surface area contributed by atoms with Gasteiger partial charge in [0.05, 0.1) is 6.10 Å². The molecule has 1 aliphatic carbocycles. The average molecular weight is 327 g/mol. The molecule has 1 saturated carbocycles. The fraction of sp³-hybridized carbons (Fsp3) is 0.533. The number of rotatable bonds is 4. The molecule has 0 amide bonds. The third-order valence-corrected chi connectivity index (χ3v) is 4.27. The first-order chi connectivity index (χ1) is 9.10. The summed E-state index contributed by atoms with van der Waals surface area (Å²) in [6.07, 6.45) is 5.81. The van der Waals surface area contributed by atoms with Crippen LogP contribution in [0.15, 0.2) is 22.7 Å². The Morgan fingerprint density at radius 2 is 2.26 bits per heavy atom. The van der Waals surface area contributed by atoms with Crippen molar-refractivity contribution in [3.63, 3.8) is 0 Å². The molecular formula is C15H19BrO3. The second kappa shape index (κ2) is 6.42. The van der Waals surface area contributed by atoms with E-state index in [0.717, 1.165) is 17.3 Å². The van der Waals surface area contributed by atoms with Gasteiger partial charge in [0.2, 0.25) is 0 Å². The lowest BCUT2D eigenvalue weighted by molar-refractivity contribution is 0.0682. The molecule has 19 heavy (non-hydrogen) atoms. The van der Waals surface area contributed by atoms with Gasteiger partial charge in [-0.25, -0.2) is 4.79 Å². The monoisotopic (exact) mass is 326 g/mol. The van der Waals surface area contributed by atoms with Crippen LogP contribution in [0.3, 0.4) is 0 Å². The van der Waals surface area contributed by atoms with E-state index >= 15 is 0 Å². The number of carboxylic acid groups (broad SMARTS) is 1. The van der Waals surface area contributed by atoms with Crippen molar-refractivity contribution in [3.05, 3.63) is 28.2 Å². The lowest BCUT2D eigenvalue weighted by Crippen LogP contribution is -2.25. The minimum Gasteiger partial charge on any atom is -0.490 e. The van der Waals surface area contributed by atoms with Crippen LogP contribution in [-0.4, -0.2) is 17.2 Å². The van der Waals surface area contributed by atoms with Crippen molar-refractivity contribution in [3.8, 4) is 5.75 Å². The van der Waals surface area contributed by atoms with Crippen molar-refractivity contribution in [2.75, 3.05) is 0 Å². The van der Waals surface area contributed by atoms with Gasteiger partial charge in [0, 0.05) is 4.47 Å². The van der Waals surface area contributed by atoms with Gasteiger partial charge in [0.1, 0.15) is 11.3 Å². The largest absolute Gasteiger partial charge is 0.490 e. The van der Waals surface area contributed by atoms with Crippen LogP contribution in [0.4, 0.5) is 0 Å². The van der Waals surface area contributed by atoms with Gasteiger partial charge in [-0.1, -0.05) is 35.7 Å². The van der Waals surface area contributed by atoms with Gasteiger partial charge in [-0.2, -0.15) is 0 Å². The highest BCUT2D eigenvalue weighted by Gasteiger charge is 2.23. The van der Waals surface area contributed by atoms with Gasteiger partial charge in [-0.3, -0.25) is 0 Å². The molecule has 1 N–H and O–H groups in total. The Balaban J connectivity index is 2.12. The molecule has 0 aromatic heterocycles. The molecule has 1 aliphatic rings. The SMILES string of the molecule is CCC1CCCC(Oc2ccc(Br)cc2C(=O)O)C1. The summed E-state index contributed by atoms with van der Waals surface area (Å²) in [5.74, 6) is 0.249. The van der Waals surface area contributed by atoms with E-state index in [1.165, 1.54) is 19.3 Å². The third kappa shape index (κ3) is 3.72. The van der Waals surface area contributed by atoms with E-state index in [0.29, 0.717) is 11.7 Å². The van der Waals surface area contributed by atoms with Gasteiger partial charge in [-0.05, 0) is 43.4 Å². The van der Waals surface area contributed by atoms with Gasteiger partial charge < -0.3 is 9.84 Å². The van der Waals surface area contributed by atoms with E-state index in [1.54, 1.807) is 12.1 Å². The van der Waals surface area contributed by atoms with E-state index in [2.05, 4.69) is 22.9 Å². The summed E-state index contributed by atoms with van der Waals surface area (Å²) in [5, 5.41) is 9.22. The van der Waals surface area contributed by atoms with Crippen molar-refractivity contribution in [2.45, 2.75) is 45.1 Å². The zero-order valence-electron chi connectivity index (χ0n) is 11.1. The molecule has 0 radical (unpaired) electrons. The van der Waals surface area contributed by atoms with Gasteiger partial charge in [-0.15, -0.1) is 0 Å². The van der Waals surface area contributed by atoms with Crippen LogP contribution in [0, 0.1) is 5.92 Å².